The summed E-state index contributed by atoms with van der Waals surface area (Å²) in [5.41, 5.74) is 1.23. The Bertz CT molecular complexity index is 870. The summed E-state index contributed by atoms with van der Waals surface area (Å²) in [5.74, 6) is 0.285. The normalized spacial score (nSPS) is 22.2. The number of carbonyl (C=O) groups is 1. The quantitative estimate of drug-likeness (QED) is 0.706. The number of nitrogens with zero attached hydrogens (tertiary/aromatic N) is 2. The number of nitrogens with one attached hydrogen (secondary N) is 2. The average molecular weight is 421 g/mol. The zero-order chi connectivity index (χ0) is 20.6. The summed E-state index contributed by atoms with van der Waals surface area (Å²) in [7, 11) is 0. The van der Waals surface area contributed by atoms with E-state index < -0.39 is 6.10 Å². The van der Waals surface area contributed by atoms with Crippen molar-refractivity contribution in [1.29, 1.82) is 0 Å². The molecule has 0 spiro atoms. The number of likely N-dealkylation sites (tertiary alicyclic amines) is 1. The van der Waals surface area contributed by atoms with Gasteiger partial charge in [0.2, 0.25) is 0 Å². The van der Waals surface area contributed by atoms with Crippen molar-refractivity contribution in [1.82, 2.24) is 20.4 Å². The lowest BCUT2D eigenvalue weighted by Crippen LogP contribution is -2.49. The molecule has 0 aliphatic carbocycles. The molecular weight excluding hydrogens is 392 g/mol. The fourth-order valence-electron chi connectivity index (χ4n) is 4.63. The lowest BCUT2D eigenvalue weighted by molar-refractivity contribution is -0.0144. The number of aliphatic hydroxyl groups is 1. The highest BCUT2D eigenvalue weighted by Gasteiger charge is 2.40. The van der Waals surface area contributed by atoms with Gasteiger partial charge in [-0.2, -0.15) is 5.10 Å². The second-order valence-electron chi connectivity index (χ2n) is 8.82. The van der Waals surface area contributed by atoms with Crippen molar-refractivity contribution in [2.24, 2.45) is 11.3 Å². The first kappa shape index (κ1) is 20.4. The van der Waals surface area contributed by atoms with Gasteiger partial charge in [-0.3, -0.25) is 5.10 Å². The Labute approximate surface area is 175 Å². The van der Waals surface area contributed by atoms with Crippen LogP contribution in [0, 0.1) is 11.3 Å². The van der Waals surface area contributed by atoms with Crippen LogP contribution in [0.25, 0.3) is 10.9 Å². The first-order valence-corrected chi connectivity index (χ1v) is 10.7. The van der Waals surface area contributed by atoms with Crippen LogP contribution >= 0.6 is 11.6 Å². The molecule has 2 aliphatic rings. The Balaban J connectivity index is 1.42. The molecule has 2 amide bonds. The zero-order valence-electron chi connectivity index (χ0n) is 16.9. The van der Waals surface area contributed by atoms with Crippen LogP contribution in [-0.2, 0) is 4.74 Å². The number of hydrogen-bond donors (Lipinski definition) is 3. The smallest absolute Gasteiger partial charge is 0.317 e. The summed E-state index contributed by atoms with van der Waals surface area (Å²) in [6.07, 6.45) is 3.61. The fourth-order valence-corrected chi connectivity index (χ4v) is 4.86. The minimum absolute atomic E-state index is 0.00804. The van der Waals surface area contributed by atoms with Gasteiger partial charge in [-0.25, -0.2) is 4.79 Å². The van der Waals surface area contributed by atoms with Crippen LogP contribution < -0.4 is 5.32 Å². The first-order valence-electron chi connectivity index (χ1n) is 10.3. The summed E-state index contributed by atoms with van der Waals surface area (Å²) in [6.45, 7) is 6.88. The molecular formula is C21H29ClN4O3. The number of piperidine rings is 1. The largest absolute Gasteiger partial charge is 0.388 e. The van der Waals surface area contributed by atoms with E-state index in [1.807, 2.05) is 17.0 Å². The third-order valence-electron chi connectivity index (χ3n) is 6.64. The molecule has 7 nitrogen and oxygen atoms in total. The number of hydrogen-bond acceptors (Lipinski definition) is 4. The molecule has 4 rings (SSSR count). The van der Waals surface area contributed by atoms with Crippen molar-refractivity contribution in [3.8, 4) is 0 Å². The summed E-state index contributed by atoms with van der Waals surface area (Å²) >= 11 is 6.27. The number of aromatic nitrogens is 2. The van der Waals surface area contributed by atoms with Gasteiger partial charge in [0.05, 0.1) is 30.5 Å². The number of carbonyl (C=O) groups excluding carboxylic acids is 1. The van der Waals surface area contributed by atoms with E-state index >= 15 is 0 Å². The Morgan fingerprint density at radius 3 is 2.83 bits per heavy atom. The summed E-state index contributed by atoms with van der Waals surface area (Å²) < 4.78 is 5.33. The third-order valence-corrected chi connectivity index (χ3v) is 6.85. The molecule has 2 fully saturated rings. The van der Waals surface area contributed by atoms with Crippen molar-refractivity contribution in [3.63, 3.8) is 0 Å². The van der Waals surface area contributed by atoms with Crippen molar-refractivity contribution in [3.05, 3.63) is 28.9 Å². The maximum absolute atomic E-state index is 12.5. The number of halogens is 1. The molecule has 0 bridgehead atoms. The molecule has 29 heavy (non-hydrogen) atoms. The highest BCUT2D eigenvalue weighted by molar-refractivity contribution is 6.31. The molecule has 0 saturated carbocycles. The summed E-state index contributed by atoms with van der Waals surface area (Å²) in [6, 6.07) is 3.78. The van der Waals surface area contributed by atoms with Gasteiger partial charge in [0.15, 0.2) is 0 Å². The van der Waals surface area contributed by atoms with Crippen LogP contribution in [0.4, 0.5) is 4.79 Å². The Hall–Kier alpha value is -1.83. The molecule has 2 aliphatic heterocycles. The number of fused-ring (bicyclic) bond motifs is 1. The number of H-pyrrole nitrogens is 1. The van der Waals surface area contributed by atoms with E-state index in [-0.39, 0.29) is 23.4 Å². The van der Waals surface area contributed by atoms with Crippen molar-refractivity contribution in [2.75, 3.05) is 26.3 Å². The van der Waals surface area contributed by atoms with Crippen LogP contribution in [0.15, 0.2) is 18.3 Å². The standard InChI is InChI=1S/C21H29ClN4O3/c1-21(2,19(27)17-10-15(22)9-13-11-23-25-18(13)17)14-3-6-26(7-4-14)20(28)24-16-5-8-29-12-16/h9-11,14,16,19,27H,3-8,12H2,1-2H3,(H,23,25)(H,24,28)/t16?,19-/m1/s1. The Kier molecular flexibility index (Phi) is 5.73. The van der Waals surface area contributed by atoms with Gasteiger partial charge in [-0.05, 0) is 42.7 Å². The van der Waals surface area contributed by atoms with E-state index in [0.717, 1.165) is 35.7 Å². The monoisotopic (exact) mass is 420 g/mol. The summed E-state index contributed by atoms with van der Waals surface area (Å²) in [5, 5.41) is 22.9. The molecule has 1 unspecified atom stereocenters. The minimum Gasteiger partial charge on any atom is -0.388 e. The maximum Gasteiger partial charge on any atom is 0.317 e. The van der Waals surface area contributed by atoms with Crippen LogP contribution in [-0.4, -0.2) is 58.6 Å². The lowest BCUT2D eigenvalue weighted by atomic mass is 9.68. The summed E-state index contributed by atoms with van der Waals surface area (Å²) in [4.78, 5) is 14.4. The van der Waals surface area contributed by atoms with E-state index in [1.54, 1.807) is 6.20 Å². The first-order chi connectivity index (χ1) is 13.9. The van der Waals surface area contributed by atoms with Crippen molar-refractivity contribution >= 4 is 28.5 Å². The number of urea groups is 1. The topological polar surface area (TPSA) is 90.5 Å². The molecule has 3 heterocycles. The predicted octanol–water partition coefficient (Wildman–Crippen LogP) is 3.49. The number of ether oxygens (including phenoxy) is 1. The molecule has 158 valence electrons. The van der Waals surface area contributed by atoms with Gasteiger partial charge in [-0.15, -0.1) is 0 Å². The fraction of sp³-hybridized carbons (Fsp3) is 0.619. The predicted molar refractivity (Wildman–Crippen MR) is 112 cm³/mol. The molecule has 2 saturated heterocycles. The number of aliphatic hydroxyl groups excluding tert-OH is 1. The van der Waals surface area contributed by atoms with E-state index in [0.29, 0.717) is 31.3 Å². The van der Waals surface area contributed by atoms with E-state index in [2.05, 4.69) is 29.4 Å². The van der Waals surface area contributed by atoms with E-state index in [9.17, 15) is 9.90 Å². The highest BCUT2D eigenvalue weighted by atomic mass is 35.5. The SMILES string of the molecule is CC(C)(C1CCN(C(=O)NC2CCOC2)CC1)[C@H](O)c1cc(Cl)cc2cn[nH]c12. The molecule has 1 aromatic heterocycles. The van der Waals surface area contributed by atoms with Gasteiger partial charge in [0, 0.05) is 35.7 Å². The van der Waals surface area contributed by atoms with Crippen LogP contribution in [0.3, 0.4) is 0 Å². The number of aromatic amines is 1. The Morgan fingerprint density at radius 2 is 2.14 bits per heavy atom. The highest BCUT2D eigenvalue weighted by Crippen LogP contribution is 2.46. The second-order valence-corrected chi connectivity index (χ2v) is 9.26. The second kappa shape index (κ2) is 8.13. The molecule has 2 atom stereocenters. The number of amides is 2. The van der Waals surface area contributed by atoms with Crippen LogP contribution in [0.5, 0.6) is 0 Å². The minimum atomic E-state index is -0.690. The zero-order valence-corrected chi connectivity index (χ0v) is 17.7. The van der Waals surface area contributed by atoms with Gasteiger partial charge < -0.3 is 20.1 Å². The van der Waals surface area contributed by atoms with Crippen LogP contribution in [0.1, 0.15) is 44.8 Å². The molecule has 1 aromatic carbocycles. The van der Waals surface area contributed by atoms with Crippen molar-refractivity contribution in [2.45, 2.75) is 45.3 Å². The van der Waals surface area contributed by atoms with Gasteiger partial charge in [0.25, 0.3) is 0 Å². The van der Waals surface area contributed by atoms with E-state index in [1.165, 1.54) is 0 Å². The molecule has 3 N–H and O–H groups in total. The van der Waals surface area contributed by atoms with Crippen molar-refractivity contribution < 1.29 is 14.6 Å². The average Bonchev–Trinajstić information content (AvgIpc) is 3.38. The van der Waals surface area contributed by atoms with Gasteiger partial charge >= 0.3 is 6.03 Å². The van der Waals surface area contributed by atoms with E-state index in [4.69, 9.17) is 16.3 Å². The molecule has 2 aromatic rings. The number of benzene rings is 1. The van der Waals surface area contributed by atoms with Crippen LogP contribution in [0.2, 0.25) is 5.02 Å². The number of rotatable bonds is 4. The molecule has 0 radical (unpaired) electrons. The van der Waals surface area contributed by atoms with Gasteiger partial charge in [-0.1, -0.05) is 25.4 Å². The third kappa shape index (κ3) is 4.09. The lowest BCUT2D eigenvalue weighted by Gasteiger charge is -2.43. The maximum atomic E-state index is 12.5. The Morgan fingerprint density at radius 1 is 1.38 bits per heavy atom. The van der Waals surface area contributed by atoms with Gasteiger partial charge in [0.1, 0.15) is 0 Å². The molecule has 8 heteroatoms.